The second-order valence-electron chi connectivity index (χ2n) is 8.05. The highest BCUT2D eigenvalue weighted by atomic mass is 19.4. The van der Waals surface area contributed by atoms with Crippen LogP contribution >= 0.6 is 0 Å². The van der Waals surface area contributed by atoms with E-state index in [9.17, 15) is 13.2 Å². The lowest BCUT2D eigenvalue weighted by molar-refractivity contribution is -0.137. The molecule has 0 aliphatic rings. The molecule has 0 unspecified atom stereocenters. The molecule has 0 atom stereocenters. The number of ether oxygens (including phenoxy) is 1. The first-order valence-electron chi connectivity index (χ1n) is 11.1. The number of hydrogen-bond acceptors (Lipinski definition) is 5. The predicted octanol–water partition coefficient (Wildman–Crippen LogP) is 7.50. The summed E-state index contributed by atoms with van der Waals surface area (Å²) in [6.45, 7) is 6.00. The molecule has 0 aliphatic heterocycles. The van der Waals surface area contributed by atoms with Crippen molar-refractivity contribution in [1.82, 2.24) is 9.97 Å². The van der Waals surface area contributed by atoms with E-state index in [4.69, 9.17) is 4.74 Å². The van der Waals surface area contributed by atoms with Gasteiger partial charge in [0.25, 0.3) is 0 Å². The van der Waals surface area contributed by atoms with Crippen molar-refractivity contribution in [2.75, 3.05) is 10.6 Å². The van der Waals surface area contributed by atoms with Gasteiger partial charge in [0.15, 0.2) is 0 Å². The zero-order valence-corrected chi connectivity index (χ0v) is 19.0. The Labute approximate surface area is 192 Å². The largest absolute Gasteiger partial charge is 0.491 e. The summed E-state index contributed by atoms with van der Waals surface area (Å²) in [5, 5.41) is 5.74. The predicted molar refractivity (Wildman–Crippen MR) is 125 cm³/mol. The fourth-order valence-corrected chi connectivity index (χ4v) is 3.23. The number of nitrogens with zero attached hydrogens (tertiary/aromatic N) is 2. The molecule has 1 aromatic heterocycles. The number of hydrogen-bond donors (Lipinski definition) is 2. The van der Waals surface area contributed by atoms with Gasteiger partial charge in [0.05, 0.1) is 6.10 Å². The maximum atomic E-state index is 13.5. The molecule has 2 aromatic carbocycles. The van der Waals surface area contributed by atoms with Gasteiger partial charge < -0.3 is 15.4 Å². The number of halogens is 3. The molecule has 8 heteroatoms. The highest BCUT2D eigenvalue weighted by Crippen LogP contribution is 2.35. The van der Waals surface area contributed by atoms with Gasteiger partial charge >= 0.3 is 6.18 Å². The molecular formula is C25H29F3N4O. The fraction of sp³-hybridized carbons (Fsp3) is 0.360. The first-order chi connectivity index (χ1) is 15.7. The van der Waals surface area contributed by atoms with Crippen molar-refractivity contribution in [2.45, 2.75) is 58.7 Å². The maximum Gasteiger partial charge on any atom is 0.421 e. The Balaban J connectivity index is 1.77. The third-order valence-electron chi connectivity index (χ3n) is 4.86. The molecule has 33 heavy (non-hydrogen) atoms. The van der Waals surface area contributed by atoms with Gasteiger partial charge in [-0.1, -0.05) is 31.9 Å². The van der Waals surface area contributed by atoms with E-state index in [0.717, 1.165) is 37.4 Å². The molecule has 5 nitrogen and oxygen atoms in total. The molecule has 0 spiro atoms. The first kappa shape index (κ1) is 24.4. The monoisotopic (exact) mass is 458 g/mol. The lowest BCUT2D eigenvalue weighted by atomic mass is 10.1. The summed E-state index contributed by atoms with van der Waals surface area (Å²) in [6, 6.07) is 14.4. The Morgan fingerprint density at radius 2 is 1.55 bits per heavy atom. The van der Waals surface area contributed by atoms with Crippen LogP contribution < -0.4 is 15.4 Å². The number of aromatic nitrogens is 2. The van der Waals surface area contributed by atoms with Gasteiger partial charge in [-0.3, -0.25) is 0 Å². The molecule has 0 radical (unpaired) electrons. The van der Waals surface area contributed by atoms with Crippen molar-refractivity contribution in [3.8, 4) is 5.75 Å². The standard InChI is InChI=1S/C25H29F3N4O/c1-4-5-6-7-18-8-10-19(11-9-18)30-23-22(25(26,27)28)16-29-24(32-23)31-20-12-14-21(15-13-20)33-17(2)3/h8-17H,4-7H2,1-3H3,(H2,29,30,31,32). The fourth-order valence-electron chi connectivity index (χ4n) is 3.23. The van der Waals surface area contributed by atoms with Crippen LogP contribution in [-0.4, -0.2) is 16.1 Å². The Kier molecular flexibility index (Phi) is 8.14. The molecule has 3 rings (SSSR count). The Bertz CT molecular complexity index is 1020. The smallest absolute Gasteiger partial charge is 0.421 e. The highest BCUT2D eigenvalue weighted by molar-refractivity contribution is 5.63. The topological polar surface area (TPSA) is 59.1 Å². The van der Waals surface area contributed by atoms with E-state index in [0.29, 0.717) is 17.1 Å². The SMILES string of the molecule is CCCCCc1ccc(Nc2nc(Nc3ccc(OC(C)C)cc3)ncc2C(F)(F)F)cc1. The van der Waals surface area contributed by atoms with Gasteiger partial charge in [-0.15, -0.1) is 0 Å². The van der Waals surface area contributed by atoms with Crippen LogP contribution in [0.1, 0.15) is 51.2 Å². The maximum absolute atomic E-state index is 13.5. The Hall–Kier alpha value is -3.29. The summed E-state index contributed by atoms with van der Waals surface area (Å²) in [6.07, 6.45) is 0.571. The quantitative estimate of drug-likeness (QED) is 0.308. The van der Waals surface area contributed by atoms with Gasteiger partial charge in [-0.2, -0.15) is 18.2 Å². The van der Waals surface area contributed by atoms with Crippen LogP contribution in [0.3, 0.4) is 0 Å². The summed E-state index contributed by atoms with van der Waals surface area (Å²) in [7, 11) is 0. The molecule has 0 aliphatic carbocycles. The molecule has 0 amide bonds. The molecule has 0 saturated heterocycles. The van der Waals surface area contributed by atoms with E-state index in [2.05, 4.69) is 27.5 Å². The van der Waals surface area contributed by atoms with Crippen molar-refractivity contribution >= 4 is 23.1 Å². The van der Waals surface area contributed by atoms with Crippen LogP contribution in [0.25, 0.3) is 0 Å². The minimum atomic E-state index is -4.59. The second kappa shape index (κ2) is 11.0. The summed E-state index contributed by atoms with van der Waals surface area (Å²) < 4.78 is 46.2. The van der Waals surface area contributed by atoms with E-state index in [1.54, 1.807) is 36.4 Å². The summed E-state index contributed by atoms with van der Waals surface area (Å²) in [5.74, 6) is 0.446. The van der Waals surface area contributed by atoms with Crippen LogP contribution in [0.4, 0.5) is 36.3 Å². The normalized spacial score (nSPS) is 11.5. The van der Waals surface area contributed by atoms with E-state index in [1.807, 2.05) is 26.0 Å². The van der Waals surface area contributed by atoms with Gasteiger partial charge in [-0.25, -0.2) is 4.98 Å². The molecule has 176 valence electrons. The van der Waals surface area contributed by atoms with E-state index in [1.165, 1.54) is 0 Å². The van der Waals surface area contributed by atoms with Crippen LogP contribution in [0.2, 0.25) is 0 Å². The zero-order valence-electron chi connectivity index (χ0n) is 19.0. The number of unbranched alkanes of at least 4 members (excludes halogenated alkanes) is 2. The van der Waals surface area contributed by atoms with Gasteiger partial charge in [0.1, 0.15) is 17.1 Å². The van der Waals surface area contributed by atoms with Crippen LogP contribution in [0.15, 0.2) is 54.7 Å². The average molecular weight is 459 g/mol. The van der Waals surface area contributed by atoms with Crippen molar-refractivity contribution in [2.24, 2.45) is 0 Å². The van der Waals surface area contributed by atoms with Crippen molar-refractivity contribution in [3.05, 3.63) is 65.9 Å². The number of benzene rings is 2. The van der Waals surface area contributed by atoms with Crippen LogP contribution in [0.5, 0.6) is 5.75 Å². The second-order valence-corrected chi connectivity index (χ2v) is 8.05. The van der Waals surface area contributed by atoms with Crippen molar-refractivity contribution in [3.63, 3.8) is 0 Å². The van der Waals surface area contributed by atoms with E-state index < -0.39 is 11.7 Å². The number of aryl methyl sites for hydroxylation is 1. The van der Waals surface area contributed by atoms with E-state index in [-0.39, 0.29) is 17.9 Å². The van der Waals surface area contributed by atoms with Gasteiger partial charge in [0.2, 0.25) is 5.95 Å². The Morgan fingerprint density at radius 3 is 2.15 bits per heavy atom. The van der Waals surface area contributed by atoms with Gasteiger partial charge in [-0.05, 0) is 68.7 Å². The average Bonchev–Trinajstić information content (AvgIpc) is 2.75. The van der Waals surface area contributed by atoms with Crippen LogP contribution in [0, 0.1) is 0 Å². The van der Waals surface area contributed by atoms with E-state index >= 15 is 0 Å². The van der Waals surface area contributed by atoms with Crippen molar-refractivity contribution < 1.29 is 17.9 Å². The van der Waals surface area contributed by atoms with Crippen molar-refractivity contribution in [1.29, 1.82) is 0 Å². The lowest BCUT2D eigenvalue weighted by Crippen LogP contribution is -2.12. The summed E-state index contributed by atoms with van der Waals surface area (Å²) in [4.78, 5) is 7.96. The summed E-state index contributed by atoms with van der Waals surface area (Å²) in [5.41, 5.74) is 1.38. The molecular weight excluding hydrogens is 429 g/mol. The number of anilines is 4. The lowest BCUT2D eigenvalue weighted by Gasteiger charge is -2.15. The summed E-state index contributed by atoms with van der Waals surface area (Å²) >= 11 is 0. The van der Waals surface area contributed by atoms with Gasteiger partial charge in [0, 0.05) is 17.6 Å². The third kappa shape index (κ3) is 7.37. The molecule has 3 aromatic rings. The molecule has 0 bridgehead atoms. The molecule has 1 heterocycles. The first-order valence-corrected chi connectivity index (χ1v) is 11.1. The minimum absolute atomic E-state index is 0.0427. The zero-order chi connectivity index (χ0) is 23.8. The molecule has 2 N–H and O–H groups in total. The highest BCUT2D eigenvalue weighted by Gasteiger charge is 2.35. The van der Waals surface area contributed by atoms with Crippen LogP contribution in [-0.2, 0) is 12.6 Å². The molecule has 0 fully saturated rings. The minimum Gasteiger partial charge on any atom is -0.491 e. The molecule has 0 saturated carbocycles. The number of alkyl halides is 3. The third-order valence-corrected chi connectivity index (χ3v) is 4.86. The Morgan fingerprint density at radius 1 is 0.909 bits per heavy atom. The number of rotatable bonds is 10. The number of nitrogens with one attached hydrogen (secondary N) is 2.